The number of hydrogen-bond acceptors (Lipinski definition) is 5. The number of thiol groups is 1. The van der Waals surface area contributed by atoms with E-state index in [1.54, 1.807) is 0 Å². The first kappa shape index (κ1) is 23.6. The molecule has 23 heavy (non-hydrogen) atoms. The Morgan fingerprint density at radius 3 is 2.00 bits per heavy atom. The minimum Gasteiger partial charge on any atom is -0.419 e. The normalized spacial score (nSPS) is 18.0. The third-order valence-corrected chi connectivity index (χ3v) is 13.9. The lowest BCUT2D eigenvalue weighted by Crippen LogP contribution is -2.47. The second kappa shape index (κ2) is 12.1. The fraction of sp³-hybridized carbons (Fsp3) is 1.00. The molecule has 4 nitrogen and oxygen atoms in total. The van der Waals surface area contributed by atoms with Gasteiger partial charge < -0.3 is 19.6 Å². The maximum atomic E-state index is 5.94. The molecule has 0 aliphatic carbocycles. The zero-order chi connectivity index (χ0) is 18.0. The summed E-state index contributed by atoms with van der Waals surface area (Å²) in [6, 6.07) is 2.31. The van der Waals surface area contributed by atoms with Crippen molar-refractivity contribution in [3.8, 4) is 0 Å². The van der Waals surface area contributed by atoms with Crippen molar-refractivity contribution in [2.24, 2.45) is 17.6 Å². The molecule has 0 rings (SSSR count). The highest BCUT2D eigenvalue weighted by Gasteiger charge is 2.37. The van der Waals surface area contributed by atoms with Gasteiger partial charge in [0, 0.05) is 25.2 Å². The van der Waals surface area contributed by atoms with E-state index in [2.05, 4.69) is 26.9 Å². The number of ether oxygens (including phenoxy) is 2. The Labute approximate surface area is 152 Å². The fourth-order valence-corrected chi connectivity index (χ4v) is 9.70. The molecule has 0 aliphatic rings. The van der Waals surface area contributed by atoms with Gasteiger partial charge in [-0.3, -0.25) is 0 Å². The van der Waals surface area contributed by atoms with Gasteiger partial charge in [0.2, 0.25) is 0 Å². The zero-order valence-electron chi connectivity index (χ0n) is 16.2. The molecule has 4 unspecified atom stereocenters. The predicted molar refractivity (Wildman–Crippen MR) is 108 cm³/mol. The Balaban J connectivity index is 5.04. The smallest absolute Gasteiger partial charge is 0.198 e. The molecule has 0 aromatic heterocycles. The first-order valence-electron chi connectivity index (χ1n) is 8.89. The number of rotatable bonds is 13. The van der Waals surface area contributed by atoms with E-state index in [1.807, 2.05) is 21.0 Å². The molecule has 0 aromatic rings. The average molecular weight is 382 g/mol. The van der Waals surface area contributed by atoms with Gasteiger partial charge >= 0.3 is 0 Å². The molecule has 2 N–H and O–H groups in total. The molecule has 4 atom stereocenters. The van der Waals surface area contributed by atoms with E-state index < -0.39 is 17.1 Å². The average Bonchev–Trinajstić information content (AvgIpc) is 2.52. The van der Waals surface area contributed by atoms with Crippen LogP contribution >= 0.6 is 12.6 Å². The van der Waals surface area contributed by atoms with Crippen molar-refractivity contribution in [2.75, 3.05) is 26.9 Å². The van der Waals surface area contributed by atoms with E-state index in [4.69, 9.17) is 32.3 Å². The Hall–Kier alpha value is 0.624. The predicted octanol–water partition coefficient (Wildman–Crippen LogP) is 3.07. The van der Waals surface area contributed by atoms with Crippen molar-refractivity contribution in [1.82, 2.24) is 0 Å². The maximum Gasteiger partial charge on any atom is 0.198 e. The molecular formula is C16H39NO3SSi2. The van der Waals surface area contributed by atoms with Crippen LogP contribution in [-0.2, 0) is 13.9 Å². The van der Waals surface area contributed by atoms with Crippen molar-refractivity contribution in [1.29, 1.82) is 0 Å². The van der Waals surface area contributed by atoms with Gasteiger partial charge in [-0.1, -0.05) is 25.9 Å². The Morgan fingerprint density at radius 2 is 1.61 bits per heavy atom. The van der Waals surface area contributed by atoms with Gasteiger partial charge in [-0.2, -0.15) is 12.6 Å². The number of nitrogens with two attached hydrogens (primary N) is 1. The molecule has 0 saturated heterocycles. The zero-order valence-corrected chi connectivity index (χ0v) is 19.2. The van der Waals surface area contributed by atoms with Crippen molar-refractivity contribution in [2.45, 2.75) is 63.7 Å². The highest BCUT2D eigenvalue weighted by molar-refractivity contribution is 7.83. The van der Waals surface area contributed by atoms with Crippen LogP contribution in [0.25, 0.3) is 0 Å². The van der Waals surface area contributed by atoms with Gasteiger partial charge in [0.05, 0.1) is 0 Å². The summed E-state index contributed by atoms with van der Waals surface area (Å²) in [6.45, 7) is 15.2. The van der Waals surface area contributed by atoms with Crippen LogP contribution in [0.3, 0.4) is 0 Å². The molecule has 0 aliphatic heterocycles. The van der Waals surface area contributed by atoms with Crippen molar-refractivity contribution in [3.05, 3.63) is 0 Å². The van der Waals surface area contributed by atoms with Crippen LogP contribution < -0.4 is 5.73 Å². The first-order valence-corrected chi connectivity index (χ1v) is 14.7. The molecule has 0 aromatic carbocycles. The molecular weight excluding hydrogens is 342 g/mol. The van der Waals surface area contributed by atoms with Gasteiger partial charge in [0.25, 0.3) is 0 Å². The molecule has 0 saturated carbocycles. The van der Waals surface area contributed by atoms with Crippen molar-refractivity contribution in [3.63, 3.8) is 0 Å². The summed E-state index contributed by atoms with van der Waals surface area (Å²) in [5.41, 5.74) is 5.86. The van der Waals surface area contributed by atoms with Crippen LogP contribution in [-0.4, -0.2) is 54.8 Å². The highest BCUT2D eigenvalue weighted by atomic mass is 32.1. The fourth-order valence-electron chi connectivity index (χ4n) is 2.99. The Bertz CT molecular complexity index is 305. The van der Waals surface area contributed by atoms with Crippen LogP contribution in [0.4, 0.5) is 0 Å². The summed E-state index contributed by atoms with van der Waals surface area (Å²) >= 11 is 4.90. The van der Waals surface area contributed by atoms with E-state index in [0.717, 1.165) is 18.6 Å². The summed E-state index contributed by atoms with van der Waals surface area (Å²) < 4.78 is 17.6. The largest absolute Gasteiger partial charge is 0.419 e. The second-order valence-electron chi connectivity index (χ2n) is 7.08. The summed E-state index contributed by atoms with van der Waals surface area (Å²) in [4.78, 5) is 0.319. The number of hydrogen-bond donors (Lipinski definition) is 2. The van der Waals surface area contributed by atoms with Crippen LogP contribution in [0.5, 0.6) is 0 Å². The minimum absolute atomic E-state index is 0.0192. The van der Waals surface area contributed by atoms with Gasteiger partial charge in [-0.05, 0) is 45.3 Å². The van der Waals surface area contributed by atoms with Crippen LogP contribution in [0.2, 0.25) is 25.2 Å². The lowest BCUT2D eigenvalue weighted by molar-refractivity contribution is -0.0862. The monoisotopic (exact) mass is 381 g/mol. The minimum atomic E-state index is -1.75. The standard InChI is InChI=1S/C16H39NO3SSi2/c1-8-19-16(20-9-2)22(11-13(3)10-17)12-14(4)15(21)23(6,7)18-5/h13-16,21-22H,8-12,17H2,1-7H3. The van der Waals surface area contributed by atoms with Gasteiger partial charge in [-0.15, -0.1) is 0 Å². The quantitative estimate of drug-likeness (QED) is 0.292. The van der Waals surface area contributed by atoms with E-state index >= 15 is 0 Å². The van der Waals surface area contributed by atoms with Crippen molar-refractivity contribution < 1.29 is 13.9 Å². The van der Waals surface area contributed by atoms with Crippen LogP contribution in [0.15, 0.2) is 0 Å². The van der Waals surface area contributed by atoms with Crippen LogP contribution in [0.1, 0.15) is 27.7 Å². The SMILES string of the molecule is CCOC(OCC)[SiH](CC(C)CN)CC(C)C(S)[Si](C)(C)OC. The van der Waals surface area contributed by atoms with Gasteiger partial charge in [0.15, 0.2) is 8.32 Å². The van der Waals surface area contributed by atoms with Crippen molar-refractivity contribution >= 4 is 29.7 Å². The lowest BCUT2D eigenvalue weighted by Gasteiger charge is -2.35. The highest BCUT2D eigenvalue weighted by Crippen LogP contribution is 2.29. The molecule has 0 radical (unpaired) electrons. The van der Waals surface area contributed by atoms with Gasteiger partial charge in [-0.25, -0.2) is 0 Å². The summed E-state index contributed by atoms with van der Waals surface area (Å²) in [5.74, 6) is 1.01. The molecule has 0 heterocycles. The topological polar surface area (TPSA) is 53.7 Å². The Morgan fingerprint density at radius 1 is 1.09 bits per heavy atom. The molecule has 0 bridgehead atoms. The lowest BCUT2D eigenvalue weighted by atomic mass is 10.2. The molecule has 0 amide bonds. The summed E-state index contributed by atoms with van der Waals surface area (Å²) in [6.07, 6.45) is 0. The third kappa shape index (κ3) is 8.51. The molecule has 0 spiro atoms. The van der Waals surface area contributed by atoms with E-state index in [-0.39, 0.29) is 5.91 Å². The summed E-state index contributed by atoms with van der Waals surface area (Å²) in [7, 11) is -1.20. The van der Waals surface area contributed by atoms with E-state index in [0.29, 0.717) is 29.9 Å². The molecule has 0 fully saturated rings. The van der Waals surface area contributed by atoms with Gasteiger partial charge in [0.1, 0.15) is 14.7 Å². The van der Waals surface area contributed by atoms with E-state index in [9.17, 15) is 0 Å². The molecule has 7 heteroatoms. The first-order chi connectivity index (χ1) is 10.7. The Kier molecular flexibility index (Phi) is 12.4. The van der Waals surface area contributed by atoms with Crippen LogP contribution in [0, 0.1) is 11.8 Å². The van der Waals surface area contributed by atoms with E-state index in [1.165, 1.54) is 0 Å². The second-order valence-corrected chi connectivity index (χ2v) is 15.4. The maximum absolute atomic E-state index is 5.94. The third-order valence-electron chi connectivity index (χ3n) is 4.61. The summed E-state index contributed by atoms with van der Waals surface area (Å²) in [5, 5.41) is 0. The molecule has 140 valence electrons.